The Morgan fingerprint density at radius 2 is 1.92 bits per heavy atom. The highest BCUT2D eigenvalue weighted by molar-refractivity contribution is 6.61. The molecule has 2 aromatic carbocycles. The molecular formula is C30H31BClFN2O4. The van der Waals surface area contributed by atoms with Crippen molar-refractivity contribution >= 4 is 40.8 Å². The predicted molar refractivity (Wildman–Crippen MR) is 154 cm³/mol. The van der Waals surface area contributed by atoms with Crippen molar-refractivity contribution in [2.75, 3.05) is 5.32 Å². The molecule has 1 unspecified atom stereocenters. The lowest BCUT2D eigenvalue weighted by Gasteiger charge is -2.21. The molecule has 4 aromatic rings. The molecule has 39 heavy (non-hydrogen) atoms. The Labute approximate surface area is 232 Å². The normalized spacial score (nSPS) is 15.1. The number of nitrogens with zero attached hydrogens (tertiary/aromatic N) is 1. The van der Waals surface area contributed by atoms with Gasteiger partial charge in [0.2, 0.25) is 0 Å². The zero-order valence-electron chi connectivity index (χ0n) is 22.7. The van der Waals surface area contributed by atoms with Crippen LogP contribution in [0, 0.1) is 19.7 Å². The lowest BCUT2D eigenvalue weighted by molar-refractivity contribution is 0.275. The first kappa shape index (κ1) is 27.4. The van der Waals surface area contributed by atoms with Gasteiger partial charge < -0.3 is 19.4 Å². The van der Waals surface area contributed by atoms with Gasteiger partial charge in [0.05, 0.1) is 29.4 Å². The number of fused-ring (bicyclic) bond motifs is 2. The summed E-state index contributed by atoms with van der Waals surface area (Å²) in [6.45, 7) is 9.88. The summed E-state index contributed by atoms with van der Waals surface area (Å²) in [5.41, 5.74) is 4.79. The Morgan fingerprint density at radius 3 is 2.64 bits per heavy atom. The molecular weight excluding hydrogens is 518 g/mol. The highest BCUT2D eigenvalue weighted by Gasteiger charge is 2.33. The molecule has 1 aliphatic carbocycles. The van der Waals surface area contributed by atoms with E-state index < -0.39 is 12.9 Å². The van der Waals surface area contributed by atoms with Crippen molar-refractivity contribution in [1.82, 2.24) is 4.98 Å². The number of rotatable bonds is 5. The number of benzene rings is 2. The van der Waals surface area contributed by atoms with E-state index in [2.05, 4.69) is 10.3 Å². The van der Waals surface area contributed by atoms with Crippen LogP contribution in [0.25, 0.3) is 22.2 Å². The third-order valence-corrected chi connectivity index (χ3v) is 7.46. The summed E-state index contributed by atoms with van der Waals surface area (Å²) >= 11 is 6.22. The van der Waals surface area contributed by atoms with E-state index in [9.17, 15) is 9.82 Å². The molecule has 6 rings (SSSR count). The molecule has 2 aromatic heterocycles. The van der Waals surface area contributed by atoms with Crippen molar-refractivity contribution in [3.8, 4) is 11.3 Å². The SMILES string of the molecule is CC.Cc1cc(C(C)Nc2ccc(Cl)nc2-c2ccc3c(c2F)B(O)OC3)c2oc(C3CC3)c(C)c(=O)c2c1. The monoisotopic (exact) mass is 548 g/mol. The molecule has 1 aliphatic heterocycles. The van der Waals surface area contributed by atoms with E-state index in [0.29, 0.717) is 39.4 Å². The molecule has 0 spiro atoms. The molecule has 202 valence electrons. The Kier molecular flexibility index (Phi) is 7.55. The minimum absolute atomic E-state index is 0.00450. The minimum atomic E-state index is -1.32. The van der Waals surface area contributed by atoms with Crippen LogP contribution in [0.1, 0.15) is 73.6 Å². The highest BCUT2D eigenvalue weighted by atomic mass is 35.5. The van der Waals surface area contributed by atoms with Gasteiger partial charge in [0.25, 0.3) is 0 Å². The Morgan fingerprint density at radius 1 is 1.18 bits per heavy atom. The van der Waals surface area contributed by atoms with Crippen LogP contribution in [0.4, 0.5) is 10.1 Å². The number of halogens is 2. The maximum atomic E-state index is 15.6. The first-order chi connectivity index (χ1) is 18.7. The standard InChI is InChI=1S/C28H25BClFN2O4.C2H6/c1-13-10-19(28-20(11-13)26(34)14(2)27(37-28)16-4-5-16)15(3)32-21-8-9-22(30)33-25(21)18-7-6-17-12-36-29(35)23(17)24(18)31;1-2/h6-11,15-16,32,35H,4-5,12H2,1-3H3;1-2H3. The van der Waals surface area contributed by atoms with Crippen LogP contribution in [0.5, 0.6) is 0 Å². The Hall–Kier alpha value is -3.20. The predicted octanol–water partition coefficient (Wildman–Crippen LogP) is 6.56. The third kappa shape index (κ3) is 4.97. The number of hydrogen-bond donors (Lipinski definition) is 2. The van der Waals surface area contributed by atoms with Crippen LogP contribution in [0.3, 0.4) is 0 Å². The highest BCUT2D eigenvalue weighted by Crippen LogP contribution is 2.43. The number of anilines is 1. The van der Waals surface area contributed by atoms with Gasteiger partial charge in [-0.05, 0) is 69.0 Å². The summed E-state index contributed by atoms with van der Waals surface area (Å²) in [6, 6.07) is 10.3. The maximum Gasteiger partial charge on any atom is 0.494 e. The molecule has 6 nitrogen and oxygen atoms in total. The molecule has 0 radical (unpaired) electrons. The maximum absolute atomic E-state index is 15.6. The van der Waals surface area contributed by atoms with Crippen molar-refractivity contribution < 1.29 is 18.5 Å². The van der Waals surface area contributed by atoms with E-state index in [1.165, 1.54) is 0 Å². The largest absolute Gasteiger partial charge is 0.494 e. The van der Waals surface area contributed by atoms with Crippen LogP contribution < -0.4 is 16.2 Å². The molecule has 1 fully saturated rings. The van der Waals surface area contributed by atoms with Crippen LogP contribution in [0.15, 0.2) is 45.6 Å². The molecule has 1 atom stereocenters. The Balaban J connectivity index is 0.00000151. The number of nitrogens with one attached hydrogen (secondary N) is 1. The van der Waals surface area contributed by atoms with Gasteiger partial charge in [-0.3, -0.25) is 4.79 Å². The fourth-order valence-corrected chi connectivity index (χ4v) is 5.32. The number of aromatic nitrogens is 1. The van der Waals surface area contributed by atoms with Gasteiger partial charge in [-0.1, -0.05) is 37.6 Å². The van der Waals surface area contributed by atoms with E-state index in [1.807, 2.05) is 46.8 Å². The van der Waals surface area contributed by atoms with Gasteiger partial charge >= 0.3 is 7.12 Å². The van der Waals surface area contributed by atoms with Gasteiger partial charge in [0.15, 0.2) is 5.43 Å². The quantitative estimate of drug-likeness (QED) is 0.217. The van der Waals surface area contributed by atoms with Crippen molar-refractivity contribution in [1.29, 1.82) is 0 Å². The van der Waals surface area contributed by atoms with Crippen molar-refractivity contribution in [3.05, 3.63) is 85.6 Å². The number of hydrogen-bond acceptors (Lipinski definition) is 6. The van der Waals surface area contributed by atoms with E-state index in [1.54, 1.807) is 24.3 Å². The zero-order chi connectivity index (χ0) is 28.0. The van der Waals surface area contributed by atoms with Crippen LogP contribution in [0.2, 0.25) is 5.15 Å². The van der Waals surface area contributed by atoms with E-state index in [-0.39, 0.29) is 34.3 Å². The lowest BCUT2D eigenvalue weighted by Crippen LogP contribution is -2.31. The van der Waals surface area contributed by atoms with Crippen molar-refractivity contribution in [2.24, 2.45) is 0 Å². The summed E-state index contributed by atoms with van der Waals surface area (Å²) in [5, 5.41) is 14.3. The van der Waals surface area contributed by atoms with Crippen LogP contribution in [-0.2, 0) is 11.3 Å². The number of pyridine rings is 1. The second-order valence-corrected chi connectivity index (χ2v) is 10.4. The second kappa shape index (κ2) is 10.8. The molecule has 3 heterocycles. The van der Waals surface area contributed by atoms with Gasteiger partial charge in [0.1, 0.15) is 22.3 Å². The summed E-state index contributed by atoms with van der Waals surface area (Å²) < 4.78 is 27.1. The number of aryl methyl sites for hydroxylation is 1. The smallest absolute Gasteiger partial charge is 0.460 e. The Bertz CT molecular complexity index is 1640. The lowest BCUT2D eigenvalue weighted by atomic mass is 9.77. The average Bonchev–Trinajstić information content (AvgIpc) is 3.70. The molecule has 2 N–H and O–H groups in total. The average molecular weight is 549 g/mol. The summed E-state index contributed by atoms with van der Waals surface area (Å²) in [7, 11) is -1.32. The van der Waals surface area contributed by atoms with E-state index in [0.717, 1.165) is 29.7 Å². The minimum Gasteiger partial charge on any atom is -0.460 e. The van der Waals surface area contributed by atoms with Crippen molar-refractivity contribution in [2.45, 2.75) is 66.0 Å². The fourth-order valence-electron chi connectivity index (χ4n) is 5.17. The molecule has 1 saturated carbocycles. The summed E-state index contributed by atoms with van der Waals surface area (Å²) in [4.78, 5) is 17.6. The third-order valence-electron chi connectivity index (χ3n) is 7.25. The summed E-state index contributed by atoms with van der Waals surface area (Å²) in [6.07, 6.45) is 2.05. The zero-order valence-corrected chi connectivity index (χ0v) is 23.4. The van der Waals surface area contributed by atoms with E-state index in [4.69, 9.17) is 20.7 Å². The first-order valence-corrected chi connectivity index (χ1v) is 13.7. The fraction of sp³-hybridized carbons (Fsp3) is 0.333. The molecule has 0 amide bonds. The van der Waals surface area contributed by atoms with Crippen LogP contribution >= 0.6 is 11.6 Å². The van der Waals surface area contributed by atoms with Gasteiger partial charge in [-0.2, -0.15) is 0 Å². The van der Waals surface area contributed by atoms with E-state index >= 15 is 4.39 Å². The van der Waals surface area contributed by atoms with Gasteiger partial charge in [0, 0.05) is 28.1 Å². The molecule has 9 heteroatoms. The molecule has 2 aliphatic rings. The second-order valence-electron chi connectivity index (χ2n) is 9.98. The van der Waals surface area contributed by atoms with Crippen molar-refractivity contribution in [3.63, 3.8) is 0 Å². The molecule has 0 saturated heterocycles. The first-order valence-electron chi connectivity index (χ1n) is 13.3. The topological polar surface area (TPSA) is 84.6 Å². The van der Waals surface area contributed by atoms with Gasteiger partial charge in [-0.15, -0.1) is 0 Å². The van der Waals surface area contributed by atoms with Crippen LogP contribution in [-0.4, -0.2) is 17.1 Å². The van der Waals surface area contributed by atoms with Gasteiger partial charge in [-0.25, -0.2) is 9.37 Å². The summed E-state index contributed by atoms with van der Waals surface area (Å²) in [5.74, 6) is 0.470. The molecule has 0 bridgehead atoms.